The summed E-state index contributed by atoms with van der Waals surface area (Å²) >= 11 is 0. The van der Waals surface area contributed by atoms with E-state index in [9.17, 15) is 14.0 Å². The van der Waals surface area contributed by atoms with Gasteiger partial charge in [-0.15, -0.1) is 0 Å². The van der Waals surface area contributed by atoms with Gasteiger partial charge in [0.2, 0.25) is 5.91 Å². The highest BCUT2D eigenvalue weighted by atomic mass is 19.1. The van der Waals surface area contributed by atoms with Crippen LogP contribution in [-0.2, 0) is 4.79 Å². The molecule has 2 rings (SSSR count). The van der Waals surface area contributed by atoms with Gasteiger partial charge in [-0.3, -0.25) is 9.78 Å². The van der Waals surface area contributed by atoms with Crippen molar-refractivity contribution < 1.29 is 14.0 Å². The van der Waals surface area contributed by atoms with E-state index in [1.165, 1.54) is 18.2 Å². The lowest BCUT2D eigenvalue weighted by Gasteiger charge is -2.18. The molecule has 3 amide bonds. The summed E-state index contributed by atoms with van der Waals surface area (Å²) in [5.41, 5.74) is 5.32. The maximum atomic E-state index is 13.9. The van der Waals surface area contributed by atoms with Gasteiger partial charge in [0.05, 0.1) is 18.7 Å². The molecule has 8 nitrogen and oxygen atoms in total. The normalized spacial score (nSPS) is 11.4. The molecule has 1 heterocycles. The molecule has 0 saturated carbocycles. The highest BCUT2D eigenvalue weighted by molar-refractivity contribution is 5.78. The number of urea groups is 1. The lowest BCUT2D eigenvalue weighted by molar-refractivity contribution is -0.121. The van der Waals surface area contributed by atoms with E-state index in [1.54, 1.807) is 24.7 Å². The number of carbonyl (C=O) groups excluding carboxylic acids is 2. The molecule has 0 spiro atoms. The van der Waals surface area contributed by atoms with E-state index in [2.05, 4.69) is 25.9 Å². The minimum Gasteiger partial charge on any atom is -0.367 e. The fourth-order valence-corrected chi connectivity index (χ4v) is 2.21. The second kappa shape index (κ2) is 9.16. The van der Waals surface area contributed by atoms with Gasteiger partial charge in [-0.25, -0.2) is 14.2 Å². The number of halogens is 1. The summed E-state index contributed by atoms with van der Waals surface area (Å²) in [5.74, 6) is -0.266. The van der Waals surface area contributed by atoms with Crippen LogP contribution in [0.4, 0.5) is 15.0 Å². The Morgan fingerprint density at radius 1 is 1.20 bits per heavy atom. The average Bonchev–Trinajstić information content (AvgIpc) is 2.59. The van der Waals surface area contributed by atoms with Crippen LogP contribution in [0.15, 0.2) is 42.9 Å². The van der Waals surface area contributed by atoms with Gasteiger partial charge in [-0.05, 0) is 6.07 Å². The molecule has 1 aromatic carbocycles. The number of rotatable bonds is 8. The smallest absolute Gasteiger partial charge is 0.312 e. The van der Waals surface area contributed by atoms with Crippen molar-refractivity contribution in [3.63, 3.8) is 0 Å². The number of aromatic nitrogens is 2. The van der Waals surface area contributed by atoms with Crippen LogP contribution >= 0.6 is 0 Å². The van der Waals surface area contributed by atoms with Crippen molar-refractivity contribution in [2.45, 2.75) is 12.5 Å². The van der Waals surface area contributed by atoms with Crippen LogP contribution in [0, 0.1) is 5.82 Å². The lowest BCUT2D eigenvalue weighted by atomic mass is 10.0. The number of nitrogens with two attached hydrogens (primary N) is 1. The van der Waals surface area contributed by atoms with Gasteiger partial charge in [0.1, 0.15) is 11.6 Å². The molecule has 5 N–H and O–H groups in total. The van der Waals surface area contributed by atoms with E-state index >= 15 is 0 Å². The molecule has 2 aromatic rings. The number of amides is 3. The second-order valence-corrected chi connectivity index (χ2v) is 5.15. The summed E-state index contributed by atoms with van der Waals surface area (Å²) in [7, 11) is 0. The zero-order chi connectivity index (χ0) is 18.1. The Bertz CT molecular complexity index is 713. The van der Waals surface area contributed by atoms with Crippen molar-refractivity contribution in [3.8, 4) is 0 Å². The first-order chi connectivity index (χ1) is 12.1. The fourth-order valence-electron chi connectivity index (χ4n) is 2.21. The molecule has 0 bridgehead atoms. The molecule has 0 fully saturated rings. The summed E-state index contributed by atoms with van der Waals surface area (Å²) in [6, 6.07) is 4.24. The molecule has 25 heavy (non-hydrogen) atoms. The van der Waals surface area contributed by atoms with Gasteiger partial charge in [0.25, 0.3) is 0 Å². The number of benzene rings is 1. The standard InChI is InChI=1S/C16H19FN6O2/c17-12-4-2-1-3-11(12)13(23-16(18)25)9-15(24)22-8-7-21-14-10-19-5-6-20-14/h1-6,10,13H,7-9H2,(H,20,21)(H,22,24)(H3,18,23,25). The first kappa shape index (κ1) is 18.1. The number of primary amides is 1. The summed E-state index contributed by atoms with van der Waals surface area (Å²) in [6.45, 7) is 0.772. The number of hydrogen-bond acceptors (Lipinski definition) is 5. The number of carbonyl (C=O) groups is 2. The monoisotopic (exact) mass is 346 g/mol. The predicted molar refractivity (Wildman–Crippen MR) is 90.0 cm³/mol. The van der Waals surface area contributed by atoms with E-state index in [4.69, 9.17) is 5.73 Å². The third-order valence-corrected chi connectivity index (χ3v) is 3.30. The summed E-state index contributed by atoms with van der Waals surface area (Å²) < 4.78 is 13.9. The van der Waals surface area contributed by atoms with Gasteiger partial charge in [-0.2, -0.15) is 0 Å². The van der Waals surface area contributed by atoms with E-state index in [1.807, 2.05) is 0 Å². The van der Waals surface area contributed by atoms with Crippen molar-refractivity contribution in [1.82, 2.24) is 20.6 Å². The van der Waals surface area contributed by atoms with Crippen LogP contribution in [0.5, 0.6) is 0 Å². The van der Waals surface area contributed by atoms with Crippen molar-refractivity contribution in [2.24, 2.45) is 5.73 Å². The number of nitrogens with one attached hydrogen (secondary N) is 3. The van der Waals surface area contributed by atoms with Crippen molar-refractivity contribution in [1.29, 1.82) is 0 Å². The number of anilines is 1. The fraction of sp³-hybridized carbons (Fsp3) is 0.250. The molecule has 0 aliphatic carbocycles. The number of hydrogen-bond donors (Lipinski definition) is 4. The minimum atomic E-state index is -0.841. The molecule has 0 saturated heterocycles. The molecule has 1 unspecified atom stereocenters. The largest absolute Gasteiger partial charge is 0.367 e. The predicted octanol–water partition coefficient (Wildman–Crippen LogP) is 0.944. The third kappa shape index (κ3) is 6.05. The average molecular weight is 346 g/mol. The lowest BCUT2D eigenvalue weighted by Crippen LogP contribution is -2.38. The van der Waals surface area contributed by atoms with Crippen LogP contribution in [0.1, 0.15) is 18.0 Å². The Labute approximate surface area is 144 Å². The van der Waals surface area contributed by atoms with E-state index in [0.29, 0.717) is 18.9 Å². The molecule has 132 valence electrons. The maximum Gasteiger partial charge on any atom is 0.312 e. The summed E-state index contributed by atoms with van der Waals surface area (Å²) in [4.78, 5) is 31.1. The second-order valence-electron chi connectivity index (χ2n) is 5.15. The van der Waals surface area contributed by atoms with Crippen molar-refractivity contribution in [3.05, 3.63) is 54.2 Å². The molecular weight excluding hydrogens is 327 g/mol. The Morgan fingerprint density at radius 2 is 2.00 bits per heavy atom. The van der Waals surface area contributed by atoms with Gasteiger partial charge >= 0.3 is 6.03 Å². The van der Waals surface area contributed by atoms with Gasteiger partial charge < -0.3 is 21.7 Å². The van der Waals surface area contributed by atoms with Crippen LogP contribution in [0.25, 0.3) is 0 Å². The van der Waals surface area contributed by atoms with Crippen LogP contribution in [0.2, 0.25) is 0 Å². The van der Waals surface area contributed by atoms with Crippen molar-refractivity contribution in [2.75, 3.05) is 18.4 Å². The highest BCUT2D eigenvalue weighted by Crippen LogP contribution is 2.19. The van der Waals surface area contributed by atoms with E-state index in [0.717, 1.165) is 0 Å². The SMILES string of the molecule is NC(=O)NC(CC(=O)NCCNc1cnccn1)c1ccccc1F. The van der Waals surface area contributed by atoms with Gasteiger partial charge in [0.15, 0.2) is 0 Å². The zero-order valence-corrected chi connectivity index (χ0v) is 13.4. The van der Waals surface area contributed by atoms with Crippen LogP contribution < -0.4 is 21.7 Å². The zero-order valence-electron chi connectivity index (χ0n) is 13.4. The molecular formula is C16H19FN6O2. The third-order valence-electron chi connectivity index (χ3n) is 3.30. The Hall–Kier alpha value is -3.23. The van der Waals surface area contributed by atoms with E-state index < -0.39 is 17.9 Å². The van der Waals surface area contributed by atoms with Crippen LogP contribution in [-0.4, -0.2) is 35.0 Å². The number of nitrogens with zero attached hydrogens (tertiary/aromatic N) is 2. The molecule has 9 heteroatoms. The van der Waals surface area contributed by atoms with E-state index in [-0.39, 0.29) is 17.9 Å². The van der Waals surface area contributed by atoms with Crippen molar-refractivity contribution >= 4 is 17.8 Å². The molecule has 1 aromatic heterocycles. The quantitative estimate of drug-likeness (QED) is 0.530. The first-order valence-electron chi connectivity index (χ1n) is 7.63. The highest BCUT2D eigenvalue weighted by Gasteiger charge is 2.20. The minimum absolute atomic E-state index is 0.130. The summed E-state index contributed by atoms with van der Waals surface area (Å²) in [6.07, 6.45) is 4.54. The Balaban J connectivity index is 1.85. The van der Waals surface area contributed by atoms with Gasteiger partial charge in [-0.1, -0.05) is 18.2 Å². The van der Waals surface area contributed by atoms with Crippen LogP contribution in [0.3, 0.4) is 0 Å². The Kier molecular flexibility index (Phi) is 6.64. The molecule has 0 radical (unpaired) electrons. The topological polar surface area (TPSA) is 122 Å². The summed E-state index contributed by atoms with van der Waals surface area (Å²) in [5, 5.41) is 8.06. The Morgan fingerprint density at radius 3 is 2.68 bits per heavy atom. The maximum absolute atomic E-state index is 13.9. The molecule has 1 atom stereocenters. The first-order valence-corrected chi connectivity index (χ1v) is 7.63. The molecule has 0 aliphatic rings. The molecule has 0 aliphatic heterocycles. The van der Waals surface area contributed by atoms with Gasteiger partial charge in [0, 0.05) is 31.0 Å².